The number of rotatable bonds is 4. The van der Waals surface area contributed by atoms with Gasteiger partial charge in [0.05, 0.1) is 7.11 Å². The summed E-state index contributed by atoms with van der Waals surface area (Å²) in [6, 6.07) is 9.86. The maximum absolute atomic E-state index is 12.0. The lowest BCUT2D eigenvalue weighted by Crippen LogP contribution is -2.40. The van der Waals surface area contributed by atoms with E-state index in [0.29, 0.717) is 6.04 Å². The van der Waals surface area contributed by atoms with Crippen LogP contribution in [0.4, 0.5) is 0 Å². The molecule has 1 aliphatic heterocycles. The number of benzene rings is 1. The molecule has 1 N–H and O–H groups in total. The summed E-state index contributed by atoms with van der Waals surface area (Å²) in [5, 5.41) is 3.32. The van der Waals surface area contributed by atoms with Crippen molar-refractivity contribution in [3.63, 3.8) is 0 Å². The van der Waals surface area contributed by atoms with E-state index in [1.165, 1.54) is 7.11 Å². The van der Waals surface area contributed by atoms with Gasteiger partial charge in [-0.15, -0.1) is 0 Å². The van der Waals surface area contributed by atoms with Gasteiger partial charge >= 0.3 is 5.97 Å². The molecule has 0 saturated carbocycles. The third-order valence-electron chi connectivity index (χ3n) is 3.56. The Morgan fingerprint density at radius 1 is 1.44 bits per heavy atom. The number of nitrogens with zero attached hydrogens (tertiary/aromatic N) is 1. The number of carbonyl (C=O) groups excluding carboxylic acids is 1. The average molecular weight is 248 g/mol. The molecule has 0 aliphatic carbocycles. The number of carbonyl (C=O) groups is 1. The van der Waals surface area contributed by atoms with Crippen LogP contribution in [0.2, 0.25) is 0 Å². The van der Waals surface area contributed by atoms with Gasteiger partial charge in [0.1, 0.15) is 6.04 Å². The summed E-state index contributed by atoms with van der Waals surface area (Å²) in [7, 11) is 3.44. The largest absolute Gasteiger partial charge is 0.468 e. The predicted octanol–water partition coefficient (Wildman–Crippen LogP) is 1.19. The second-order valence-corrected chi connectivity index (χ2v) is 4.65. The van der Waals surface area contributed by atoms with Gasteiger partial charge in [-0.1, -0.05) is 30.3 Å². The molecule has 0 radical (unpaired) electrons. The van der Waals surface area contributed by atoms with E-state index in [0.717, 1.165) is 25.1 Å². The Labute approximate surface area is 108 Å². The van der Waals surface area contributed by atoms with Crippen molar-refractivity contribution in [2.45, 2.75) is 18.5 Å². The first-order valence-corrected chi connectivity index (χ1v) is 6.29. The molecule has 1 aliphatic rings. The zero-order valence-electron chi connectivity index (χ0n) is 10.9. The van der Waals surface area contributed by atoms with Crippen LogP contribution in [0.3, 0.4) is 0 Å². The first-order chi connectivity index (χ1) is 8.74. The van der Waals surface area contributed by atoms with Gasteiger partial charge in [-0.2, -0.15) is 0 Å². The zero-order valence-corrected chi connectivity index (χ0v) is 10.9. The molecule has 0 aromatic heterocycles. The van der Waals surface area contributed by atoms with Crippen LogP contribution < -0.4 is 5.32 Å². The molecule has 0 amide bonds. The summed E-state index contributed by atoms with van der Waals surface area (Å²) in [6.07, 6.45) is 1.07. The van der Waals surface area contributed by atoms with Crippen LogP contribution in [-0.4, -0.2) is 44.2 Å². The van der Waals surface area contributed by atoms with Gasteiger partial charge in [-0.05, 0) is 25.6 Å². The van der Waals surface area contributed by atoms with Crippen molar-refractivity contribution in [1.29, 1.82) is 0 Å². The Hall–Kier alpha value is -1.39. The lowest BCUT2D eigenvalue weighted by molar-refractivity contribution is -0.147. The van der Waals surface area contributed by atoms with Crippen LogP contribution in [0.1, 0.15) is 18.0 Å². The smallest absolute Gasteiger partial charge is 0.327 e. The third kappa shape index (κ3) is 2.71. The van der Waals surface area contributed by atoms with E-state index in [4.69, 9.17) is 4.74 Å². The fourth-order valence-electron chi connectivity index (χ4n) is 2.48. The minimum atomic E-state index is -0.318. The van der Waals surface area contributed by atoms with Crippen LogP contribution in [0.5, 0.6) is 0 Å². The van der Waals surface area contributed by atoms with E-state index in [2.05, 4.69) is 10.2 Å². The molecule has 2 rings (SSSR count). The molecule has 1 aromatic carbocycles. The van der Waals surface area contributed by atoms with Crippen LogP contribution in [0, 0.1) is 0 Å². The summed E-state index contributed by atoms with van der Waals surface area (Å²) >= 11 is 0. The highest BCUT2D eigenvalue weighted by Gasteiger charge is 2.31. The number of hydrogen-bond donors (Lipinski definition) is 1. The minimum Gasteiger partial charge on any atom is -0.468 e. The van der Waals surface area contributed by atoms with Gasteiger partial charge < -0.3 is 10.1 Å². The van der Waals surface area contributed by atoms with Gasteiger partial charge in [0, 0.05) is 12.6 Å². The quantitative estimate of drug-likeness (QED) is 0.813. The molecule has 1 aromatic rings. The number of ether oxygens (including phenoxy) is 1. The topological polar surface area (TPSA) is 41.6 Å². The fraction of sp³-hybridized carbons (Fsp3) is 0.500. The summed E-state index contributed by atoms with van der Waals surface area (Å²) in [4.78, 5) is 14.1. The molecule has 1 unspecified atom stereocenters. The van der Waals surface area contributed by atoms with Crippen molar-refractivity contribution in [3.05, 3.63) is 35.9 Å². The molecule has 1 fully saturated rings. The van der Waals surface area contributed by atoms with Crippen molar-refractivity contribution >= 4 is 5.97 Å². The number of methoxy groups -OCH3 is 1. The summed E-state index contributed by atoms with van der Waals surface area (Å²) in [5.74, 6) is -0.199. The highest BCUT2D eigenvalue weighted by atomic mass is 16.5. The Morgan fingerprint density at radius 2 is 2.17 bits per heavy atom. The first kappa shape index (κ1) is 13.1. The Kier molecular flexibility index (Phi) is 4.33. The molecule has 4 heteroatoms. The second kappa shape index (κ2) is 5.98. The summed E-state index contributed by atoms with van der Waals surface area (Å²) < 4.78 is 4.95. The molecule has 18 heavy (non-hydrogen) atoms. The van der Waals surface area contributed by atoms with Crippen LogP contribution >= 0.6 is 0 Å². The van der Waals surface area contributed by atoms with E-state index >= 15 is 0 Å². The van der Waals surface area contributed by atoms with Crippen molar-refractivity contribution in [2.24, 2.45) is 0 Å². The molecule has 98 valence electrons. The van der Waals surface area contributed by atoms with Gasteiger partial charge in [0.2, 0.25) is 0 Å². The highest BCUT2D eigenvalue weighted by molar-refractivity contribution is 5.77. The number of likely N-dealkylation sites (N-methyl/N-ethyl adjacent to an activating group) is 1. The van der Waals surface area contributed by atoms with Gasteiger partial charge in [0.15, 0.2) is 0 Å². The standard InChI is InChI=1S/C14H20N2O2/c1-16(12-8-9-15-10-12)13(14(17)18-2)11-6-4-3-5-7-11/h3-7,12-13,15H,8-10H2,1-2H3/t12?,13-/m1/s1. The maximum Gasteiger partial charge on any atom is 0.327 e. The molecular formula is C14H20N2O2. The number of hydrogen-bond acceptors (Lipinski definition) is 4. The molecule has 0 spiro atoms. The van der Waals surface area contributed by atoms with E-state index in [-0.39, 0.29) is 12.0 Å². The number of esters is 1. The van der Waals surface area contributed by atoms with Gasteiger partial charge in [-0.25, -0.2) is 4.79 Å². The zero-order chi connectivity index (χ0) is 13.0. The van der Waals surface area contributed by atoms with E-state index in [1.807, 2.05) is 37.4 Å². The number of nitrogens with one attached hydrogen (secondary N) is 1. The van der Waals surface area contributed by atoms with Crippen molar-refractivity contribution < 1.29 is 9.53 Å². The minimum absolute atomic E-state index is 0.199. The summed E-state index contributed by atoms with van der Waals surface area (Å²) in [6.45, 7) is 1.94. The lowest BCUT2D eigenvalue weighted by Gasteiger charge is -2.31. The predicted molar refractivity (Wildman–Crippen MR) is 70.2 cm³/mol. The highest BCUT2D eigenvalue weighted by Crippen LogP contribution is 2.24. The SMILES string of the molecule is COC(=O)[C@@H](c1ccccc1)N(C)C1CCNC1. The molecular weight excluding hydrogens is 228 g/mol. The van der Waals surface area contributed by atoms with Crippen molar-refractivity contribution in [1.82, 2.24) is 10.2 Å². The second-order valence-electron chi connectivity index (χ2n) is 4.65. The third-order valence-corrected chi connectivity index (χ3v) is 3.56. The molecule has 4 nitrogen and oxygen atoms in total. The van der Waals surface area contributed by atoms with Gasteiger partial charge in [0.25, 0.3) is 0 Å². The first-order valence-electron chi connectivity index (χ1n) is 6.29. The monoisotopic (exact) mass is 248 g/mol. The van der Waals surface area contributed by atoms with Crippen LogP contribution in [-0.2, 0) is 9.53 Å². The summed E-state index contributed by atoms with van der Waals surface area (Å²) in [5.41, 5.74) is 0.985. The average Bonchev–Trinajstić information content (AvgIpc) is 2.94. The molecule has 2 atom stereocenters. The molecule has 1 heterocycles. The van der Waals surface area contributed by atoms with Crippen molar-refractivity contribution in [2.75, 3.05) is 27.2 Å². The van der Waals surface area contributed by atoms with Crippen molar-refractivity contribution in [3.8, 4) is 0 Å². The Morgan fingerprint density at radius 3 is 2.72 bits per heavy atom. The maximum atomic E-state index is 12.0. The lowest BCUT2D eigenvalue weighted by atomic mass is 10.0. The molecule has 1 saturated heterocycles. The fourth-order valence-corrected chi connectivity index (χ4v) is 2.48. The Balaban J connectivity index is 2.22. The van der Waals surface area contributed by atoms with E-state index in [9.17, 15) is 4.79 Å². The normalized spacial score (nSPS) is 20.9. The molecule has 0 bridgehead atoms. The van der Waals surface area contributed by atoms with Crippen LogP contribution in [0.25, 0.3) is 0 Å². The van der Waals surface area contributed by atoms with Crippen LogP contribution in [0.15, 0.2) is 30.3 Å². The van der Waals surface area contributed by atoms with Gasteiger partial charge in [-0.3, -0.25) is 4.90 Å². The van der Waals surface area contributed by atoms with E-state index < -0.39 is 0 Å². The Bertz CT molecular complexity index is 388. The van der Waals surface area contributed by atoms with E-state index in [1.54, 1.807) is 0 Å².